The molecule has 0 unspecified atom stereocenters. The average Bonchev–Trinajstić information content (AvgIpc) is 2.33. The maximum absolute atomic E-state index is 4.37. The van der Waals surface area contributed by atoms with Gasteiger partial charge in [-0.3, -0.25) is 0 Å². The van der Waals surface area contributed by atoms with E-state index < -0.39 is 0 Å². The summed E-state index contributed by atoms with van der Waals surface area (Å²) in [6.45, 7) is 4.75. The molecule has 2 heterocycles. The van der Waals surface area contributed by atoms with Gasteiger partial charge in [0.05, 0.1) is 4.47 Å². The molecule has 88 valence electrons. The molecule has 0 saturated heterocycles. The molecule has 0 aromatic carbocycles. The van der Waals surface area contributed by atoms with Gasteiger partial charge >= 0.3 is 0 Å². The summed E-state index contributed by atoms with van der Waals surface area (Å²) in [6.07, 6.45) is 5.20. The quantitative estimate of drug-likeness (QED) is 0.942. The summed E-state index contributed by atoms with van der Waals surface area (Å²) < 4.78 is 0.829. The van der Waals surface area contributed by atoms with Crippen molar-refractivity contribution in [2.45, 2.75) is 13.8 Å². The second kappa shape index (κ2) is 5.18. The fourth-order valence-electron chi connectivity index (χ4n) is 1.27. The van der Waals surface area contributed by atoms with Crippen LogP contribution in [0.25, 0.3) is 11.6 Å². The number of rotatable bonds is 3. The molecule has 1 N–H and O–H groups in total. The van der Waals surface area contributed by atoms with Crippen LogP contribution in [-0.2, 0) is 0 Å². The minimum Gasteiger partial charge on any atom is -0.369 e. The van der Waals surface area contributed by atoms with Gasteiger partial charge in [0.15, 0.2) is 11.6 Å². The summed E-state index contributed by atoms with van der Waals surface area (Å²) in [7, 11) is 0. The molecule has 2 rings (SSSR count). The van der Waals surface area contributed by atoms with Crippen molar-refractivity contribution in [2.24, 2.45) is 0 Å². The first-order chi connectivity index (χ1) is 8.20. The summed E-state index contributed by atoms with van der Waals surface area (Å²) in [6, 6.07) is 0. The lowest BCUT2D eigenvalue weighted by Gasteiger charge is -2.06. The van der Waals surface area contributed by atoms with Crippen LogP contribution >= 0.6 is 15.9 Å². The molecule has 0 aliphatic heterocycles. The van der Waals surface area contributed by atoms with E-state index >= 15 is 0 Å². The van der Waals surface area contributed by atoms with E-state index in [0.29, 0.717) is 11.6 Å². The number of nitrogens with zero attached hydrogens (tertiary/aromatic N) is 4. The Morgan fingerprint density at radius 3 is 2.41 bits per heavy atom. The van der Waals surface area contributed by atoms with E-state index in [1.54, 1.807) is 18.6 Å². The molecule has 0 atom stereocenters. The van der Waals surface area contributed by atoms with E-state index in [-0.39, 0.29) is 0 Å². The minimum atomic E-state index is 0.518. The number of nitrogens with one attached hydrogen (secondary N) is 1. The van der Waals surface area contributed by atoms with Gasteiger partial charge in [-0.05, 0) is 35.3 Å². The van der Waals surface area contributed by atoms with Crippen molar-refractivity contribution >= 4 is 21.7 Å². The lowest BCUT2D eigenvalue weighted by Crippen LogP contribution is -2.03. The maximum Gasteiger partial charge on any atom is 0.199 e. The van der Waals surface area contributed by atoms with Crippen LogP contribution in [0.1, 0.15) is 12.5 Å². The average molecular weight is 294 g/mol. The second-order valence-corrected chi connectivity index (χ2v) is 4.36. The zero-order valence-electron chi connectivity index (χ0n) is 9.61. The van der Waals surface area contributed by atoms with Crippen molar-refractivity contribution < 1.29 is 0 Å². The van der Waals surface area contributed by atoms with Crippen LogP contribution in [0.2, 0.25) is 0 Å². The molecule has 0 aliphatic carbocycles. The monoisotopic (exact) mass is 293 g/mol. The molecule has 6 heteroatoms. The van der Waals surface area contributed by atoms with Gasteiger partial charge in [-0.1, -0.05) is 0 Å². The Morgan fingerprint density at radius 1 is 1.12 bits per heavy atom. The third-order valence-electron chi connectivity index (χ3n) is 2.07. The lowest BCUT2D eigenvalue weighted by atomic mass is 10.4. The number of anilines is 1. The van der Waals surface area contributed by atoms with Gasteiger partial charge in [0.1, 0.15) is 5.82 Å². The molecule has 0 bridgehead atoms. The van der Waals surface area contributed by atoms with Crippen molar-refractivity contribution in [3.05, 3.63) is 28.6 Å². The molecular weight excluding hydrogens is 282 g/mol. The summed E-state index contributed by atoms with van der Waals surface area (Å²) in [5.74, 6) is 1.80. The van der Waals surface area contributed by atoms with E-state index in [9.17, 15) is 0 Å². The predicted molar refractivity (Wildman–Crippen MR) is 69.7 cm³/mol. The van der Waals surface area contributed by atoms with Gasteiger partial charge in [-0.25, -0.2) is 19.9 Å². The van der Waals surface area contributed by atoms with Crippen LogP contribution in [0.3, 0.4) is 0 Å². The molecule has 0 aliphatic rings. The van der Waals surface area contributed by atoms with Crippen LogP contribution in [-0.4, -0.2) is 26.5 Å². The van der Waals surface area contributed by atoms with Crippen LogP contribution in [0.15, 0.2) is 23.1 Å². The van der Waals surface area contributed by atoms with Crippen LogP contribution < -0.4 is 5.32 Å². The van der Waals surface area contributed by atoms with E-state index in [0.717, 1.165) is 22.4 Å². The Labute approximate surface area is 108 Å². The zero-order chi connectivity index (χ0) is 12.3. The lowest BCUT2D eigenvalue weighted by molar-refractivity contribution is 1.05. The highest BCUT2D eigenvalue weighted by Crippen LogP contribution is 2.21. The first kappa shape index (κ1) is 11.9. The van der Waals surface area contributed by atoms with Crippen LogP contribution in [0.5, 0.6) is 0 Å². The minimum absolute atomic E-state index is 0.518. The highest BCUT2D eigenvalue weighted by molar-refractivity contribution is 9.10. The summed E-state index contributed by atoms with van der Waals surface area (Å²) in [4.78, 5) is 17.0. The first-order valence-electron chi connectivity index (χ1n) is 5.26. The van der Waals surface area contributed by atoms with Crippen molar-refractivity contribution in [1.82, 2.24) is 19.9 Å². The third kappa shape index (κ3) is 2.76. The predicted octanol–water partition coefficient (Wildman–Crippen LogP) is 2.44. The Bertz CT molecular complexity index is 512. The fraction of sp³-hybridized carbons (Fsp3) is 0.273. The molecule has 5 nitrogen and oxygen atoms in total. The van der Waals surface area contributed by atoms with Crippen LogP contribution in [0, 0.1) is 6.92 Å². The first-order valence-corrected chi connectivity index (χ1v) is 6.05. The van der Waals surface area contributed by atoms with Gasteiger partial charge < -0.3 is 5.32 Å². The fourth-order valence-corrected chi connectivity index (χ4v) is 1.61. The number of hydrogen-bond donors (Lipinski definition) is 1. The van der Waals surface area contributed by atoms with E-state index in [1.807, 2.05) is 13.8 Å². The Kier molecular flexibility index (Phi) is 3.63. The molecule has 0 radical (unpaired) electrons. The molecule has 0 saturated carbocycles. The van der Waals surface area contributed by atoms with E-state index in [1.165, 1.54) is 0 Å². The van der Waals surface area contributed by atoms with Crippen molar-refractivity contribution in [3.8, 4) is 11.6 Å². The molecule has 0 amide bonds. The van der Waals surface area contributed by atoms with Gasteiger partial charge in [-0.15, -0.1) is 0 Å². The summed E-state index contributed by atoms with van der Waals surface area (Å²) in [5, 5.41) is 3.14. The number of aromatic nitrogens is 4. The van der Waals surface area contributed by atoms with Gasteiger partial charge in [0.25, 0.3) is 0 Å². The van der Waals surface area contributed by atoms with Crippen molar-refractivity contribution in [1.29, 1.82) is 0 Å². The van der Waals surface area contributed by atoms with Gasteiger partial charge in [0.2, 0.25) is 0 Å². The topological polar surface area (TPSA) is 63.6 Å². The normalized spacial score (nSPS) is 10.3. The van der Waals surface area contributed by atoms with Gasteiger partial charge in [-0.2, -0.15) is 0 Å². The second-order valence-electron chi connectivity index (χ2n) is 3.50. The summed E-state index contributed by atoms with van der Waals surface area (Å²) >= 11 is 3.39. The molecular formula is C11H12BrN5. The SMILES string of the molecule is CCNc1nc(-c2ncc(C)cn2)ncc1Br. The van der Waals surface area contributed by atoms with Crippen LogP contribution in [0.4, 0.5) is 5.82 Å². The third-order valence-corrected chi connectivity index (χ3v) is 2.65. The maximum atomic E-state index is 4.37. The molecule has 2 aromatic rings. The Hall–Kier alpha value is -1.56. The standard InChI is InChI=1S/C11H12BrN5/c1-3-13-9-8(12)6-16-11(17-9)10-14-4-7(2)5-15-10/h4-6H,3H2,1-2H3,(H,13,16,17). The molecule has 2 aromatic heterocycles. The zero-order valence-corrected chi connectivity index (χ0v) is 11.2. The largest absolute Gasteiger partial charge is 0.369 e. The Balaban J connectivity index is 2.39. The Morgan fingerprint density at radius 2 is 1.76 bits per heavy atom. The highest BCUT2D eigenvalue weighted by atomic mass is 79.9. The molecule has 0 fully saturated rings. The van der Waals surface area contributed by atoms with E-state index in [2.05, 4.69) is 41.2 Å². The number of halogens is 1. The number of aryl methyl sites for hydroxylation is 1. The smallest absolute Gasteiger partial charge is 0.199 e. The highest BCUT2D eigenvalue weighted by Gasteiger charge is 2.08. The number of hydrogen-bond acceptors (Lipinski definition) is 5. The van der Waals surface area contributed by atoms with E-state index in [4.69, 9.17) is 0 Å². The van der Waals surface area contributed by atoms with Gasteiger partial charge in [0, 0.05) is 25.1 Å². The molecule has 17 heavy (non-hydrogen) atoms. The van der Waals surface area contributed by atoms with Crippen molar-refractivity contribution in [2.75, 3.05) is 11.9 Å². The van der Waals surface area contributed by atoms with Crippen molar-refractivity contribution in [3.63, 3.8) is 0 Å². The summed E-state index contributed by atoms with van der Waals surface area (Å²) in [5.41, 5.74) is 1.01. The molecule has 0 spiro atoms.